The van der Waals surface area contributed by atoms with Gasteiger partial charge in [0, 0.05) is 16.8 Å². The van der Waals surface area contributed by atoms with Crippen LogP contribution < -0.4 is 4.74 Å². The first-order valence-corrected chi connectivity index (χ1v) is 12.0. The van der Waals surface area contributed by atoms with Crippen LogP contribution in [0.1, 0.15) is 17.0 Å². The lowest BCUT2D eigenvalue weighted by atomic mass is 10.0. The fourth-order valence-electron chi connectivity index (χ4n) is 3.70. The summed E-state index contributed by atoms with van der Waals surface area (Å²) in [7, 11) is 0. The Bertz CT molecular complexity index is 1440. The number of aromatic nitrogens is 2. The third-order valence-electron chi connectivity index (χ3n) is 5.59. The van der Waals surface area contributed by atoms with Crippen molar-refractivity contribution in [2.24, 2.45) is 0 Å². The number of imidazole rings is 1. The summed E-state index contributed by atoms with van der Waals surface area (Å²) in [5.41, 5.74) is 6.14. The van der Waals surface area contributed by atoms with E-state index in [1.165, 1.54) is 0 Å². The second-order valence-corrected chi connectivity index (χ2v) is 8.89. The number of ether oxygens (including phenoxy) is 1. The van der Waals surface area contributed by atoms with E-state index in [-0.39, 0.29) is 0 Å². The van der Waals surface area contributed by atoms with Crippen molar-refractivity contribution in [3.8, 4) is 28.1 Å². The number of rotatable bonds is 7. The molecular weight excluding hydrogens is 475 g/mol. The van der Waals surface area contributed by atoms with E-state index < -0.39 is 0 Å². The minimum absolute atomic E-state index is 0.561. The van der Waals surface area contributed by atoms with E-state index in [4.69, 9.17) is 27.9 Å². The molecule has 0 unspecified atom stereocenters. The maximum Gasteiger partial charge on any atom is 0.130 e. The fraction of sp³-hybridized carbons (Fsp3) is 0.0333. The largest absolute Gasteiger partial charge is 0.489 e. The molecule has 0 aliphatic rings. The molecule has 3 nitrogen and oxygen atoms in total. The predicted molar refractivity (Wildman–Crippen MR) is 146 cm³/mol. The molecule has 35 heavy (non-hydrogen) atoms. The van der Waals surface area contributed by atoms with Gasteiger partial charge in [0.05, 0.1) is 10.7 Å². The first-order valence-electron chi connectivity index (χ1n) is 11.2. The Morgan fingerprint density at radius 3 is 2.20 bits per heavy atom. The number of hydrogen-bond donors (Lipinski definition) is 1. The van der Waals surface area contributed by atoms with Crippen molar-refractivity contribution in [3.05, 3.63) is 130 Å². The maximum absolute atomic E-state index is 6.30. The predicted octanol–water partition coefficient (Wildman–Crippen LogP) is 8.80. The van der Waals surface area contributed by atoms with Crippen LogP contribution >= 0.6 is 23.2 Å². The SMILES string of the molecule is Clc1ccc(-c2c[nH]c(C=Cc3ccc(-c4ccc(OCc5ccccc5)cc4)cc3)n2)c(Cl)c1. The molecule has 172 valence electrons. The molecule has 0 spiro atoms. The first kappa shape index (κ1) is 23.0. The Morgan fingerprint density at radius 1 is 0.771 bits per heavy atom. The van der Waals surface area contributed by atoms with Crippen molar-refractivity contribution in [2.75, 3.05) is 0 Å². The molecule has 0 aliphatic carbocycles. The summed E-state index contributed by atoms with van der Waals surface area (Å²) >= 11 is 12.3. The third-order valence-corrected chi connectivity index (χ3v) is 6.13. The lowest BCUT2D eigenvalue weighted by molar-refractivity contribution is 0.306. The molecule has 5 aromatic rings. The van der Waals surface area contributed by atoms with Crippen molar-refractivity contribution < 1.29 is 4.74 Å². The van der Waals surface area contributed by atoms with Crippen molar-refractivity contribution in [3.63, 3.8) is 0 Å². The Morgan fingerprint density at radius 2 is 1.49 bits per heavy atom. The van der Waals surface area contributed by atoms with E-state index in [0.717, 1.165) is 45.1 Å². The Labute approximate surface area is 214 Å². The number of H-pyrrole nitrogens is 1. The molecule has 0 saturated heterocycles. The Balaban J connectivity index is 1.22. The van der Waals surface area contributed by atoms with Gasteiger partial charge in [0.15, 0.2) is 0 Å². The average molecular weight is 497 g/mol. The van der Waals surface area contributed by atoms with Crippen LogP contribution in [0, 0.1) is 0 Å². The molecule has 1 N–H and O–H groups in total. The van der Waals surface area contributed by atoms with Gasteiger partial charge < -0.3 is 9.72 Å². The zero-order chi connectivity index (χ0) is 24.0. The van der Waals surface area contributed by atoms with Crippen LogP contribution in [0.2, 0.25) is 10.0 Å². The van der Waals surface area contributed by atoms with Crippen molar-refractivity contribution >= 4 is 35.4 Å². The van der Waals surface area contributed by atoms with Gasteiger partial charge in [-0.2, -0.15) is 0 Å². The normalized spacial score (nSPS) is 11.1. The van der Waals surface area contributed by atoms with Crippen LogP contribution in [0.5, 0.6) is 5.75 Å². The molecule has 5 rings (SSSR count). The monoisotopic (exact) mass is 496 g/mol. The minimum Gasteiger partial charge on any atom is -0.489 e. The van der Waals surface area contributed by atoms with Gasteiger partial charge in [-0.25, -0.2) is 4.98 Å². The highest BCUT2D eigenvalue weighted by molar-refractivity contribution is 6.36. The van der Waals surface area contributed by atoms with Gasteiger partial charge in [0.25, 0.3) is 0 Å². The van der Waals surface area contributed by atoms with Crippen LogP contribution in [0.3, 0.4) is 0 Å². The van der Waals surface area contributed by atoms with Gasteiger partial charge in [-0.1, -0.05) is 96.0 Å². The summed E-state index contributed by atoms with van der Waals surface area (Å²) in [6.45, 7) is 0.561. The highest BCUT2D eigenvalue weighted by Gasteiger charge is 2.07. The molecular formula is C30H22Cl2N2O. The van der Waals surface area contributed by atoms with Gasteiger partial charge in [-0.15, -0.1) is 0 Å². The average Bonchev–Trinajstić information content (AvgIpc) is 3.36. The van der Waals surface area contributed by atoms with E-state index in [1.807, 2.05) is 54.7 Å². The highest BCUT2D eigenvalue weighted by Crippen LogP contribution is 2.29. The number of aromatic amines is 1. The maximum atomic E-state index is 6.30. The van der Waals surface area contributed by atoms with E-state index in [9.17, 15) is 0 Å². The first-order chi connectivity index (χ1) is 17.1. The summed E-state index contributed by atoms with van der Waals surface area (Å²) in [5.74, 6) is 1.61. The number of nitrogens with zero attached hydrogens (tertiary/aromatic N) is 1. The summed E-state index contributed by atoms with van der Waals surface area (Å²) in [6, 6.07) is 32.1. The van der Waals surface area contributed by atoms with Crippen LogP contribution in [-0.2, 0) is 6.61 Å². The second kappa shape index (κ2) is 10.6. The molecule has 1 aromatic heterocycles. The lowest BCUT2D eigenvalue weighted by Gasteiger charge is -2.08. The quantitative estimate of drug-likeness (QED) is 0.244. The molecule has 0 saturated carbocycles. The molecule has 0 fully saturated rings. The van der Waals surface area contributed by atoms with Gasteiger partial charge in [-0.3, -0.25) is 0 Å². The van der Waals surface area contributed by atoms with Crippen molar-refractivity contribution in [1.82, 2.24) is 9.97 Å². The fourth-order valence-corrected chi connectivity index (χ4v) is 4.21. The second-order valence-electron chi connectivity index (χ2n) is 8.05. The zero-order valence-electron chi connectivity index (χ0n) is 18.8. The van der Waals surface area contributed by atoms with E-state index >= 15 is 0 Å². The molecule has 1 heterocycles. The van der Waals surface area contributed by atoms with Crippen LogP contribution in [-0.4, -0.2) is 9.97 Å². The summed E-state index contributed by atoms with van der Waals surface area (Å²) in [5, 5.41) is 1.18. The smallest absolute Gasteiger partial charge is 0.130 e. The standard InChI is InChI=1S/C30H22Cl2N2O/c31-25-13-16-27(28(32)18-25)29-19-33-30(34-29)17-8-21-6-9-23(10-7-21)24-11-14-26(15-12-24)35-20-22-4-2-1-3-5-22/h1-19H,20H2,(H,33,34). The lowest BCUT2D eigenvalue weighted by Crippen LogP contribution is -1.94. The topological polar surface area (TPSA) is 37.9 Å². The van der Waals surface area contributed by atoms with Gasteiger partial charge in [-0.05, 0) is 58.7 Å². The molecule has 5 heteroatoms. The molecule has 0 aliphatic heterocycles. The highest BCUT2D eigenvalue weighted by atomic mass is 35.5. The zero-order valence-corrected chi connectivity index (χ0v) is 20.3. The summed E-state index contributed by atoms with van der Waals surface area (Å²) in [6.07, 6.45) is 5.81. The van der Waals surface area contributed by atoms with Crippen LogP contribution in [0.15, 0.2) is 103 Å². The summed E-state index contributed by atoms with van der Waals surface area (Å²) < 4.78 is 5.89. The van der Waals surface area contributed by atoms with Crippen molar-refractivity contribution in [2.45, 2.75) is 6.61 Å². The van der Waals surface area contributed by atoms with Gasteiger partial charge in [0.2, 0.25) is 0 Å². The molecule has 0 radical (unpaired) electrons. The Kier molecular flexibility index (Phi) is 6.99. The van der Waals surface area contributed by atoms with E-state index in [0.29, 0.717) is 16.7 Å². The molecule has 0 amide bonds. The molecule has 4 aromatic carbocycles. The number of hydrogen-bond acceptors (Lipinski definition) is 2. The summed E-state index contributed by atoms with van der Waals surface area (Å²) in [4.78, 5) is 7.79. The van der Waals surface area contributed by atoms with Crippen LogP contribution in [0.4, 0.5) is 0 Å². The molecule has 0 bridgehead atoms. The van der Waals surface area contributed by atoms with Gasteiger partial charge in [0.1, 0.15) is 18.2 Å². The third kappa shape index (κ3) is 5.83. The van der Waals surface area contributed by atoms with E-state index in [2.05, 4.69) is 58.5 Å². The number of nitrogens with one attached hydrogen (secondary N) is 1. The Hall–Kier alpha value is -3.79. The van der Waals surface area contributed by atoms with Gasteiger partial charge >= 0.3 is 0 Å². The van der Waals surface area contributed by atoms with Crippen molar-refractivity contribution in [1.29, 1.82) is 0 Å². The molecule has 0 atom stereocenters. The number of halogens is 2. The van der Waals surface area contributed by atoms with E-state index in [1.54, 1.807) is 12.1 Å². The minimum atomic E-state index is 0.561. The van der Waals surface area contributed by atoms with Crippen LogP contribution in [0.25, 0.3) is 34.5 Å². The number of benzene rings is 4.